The molecule has 0 fully saturated rings. The second kappa shape index (κ2) is 11.3. The van der Waals surface area contributed by atoms with Crippen LogP contribution in [-0.2, 0) is 17.6 Å². The number of hydrogen-bond acceptors (Lipinski definition) is 5. The number of nitrogens with zero attached hydrogens (tertiary/aromatic N) is 3. The van der Waals surface area contributed by atoms with Crippen molar-refractivity contribution in [1.82, 2.24) is 9.97 Å². The van der Waals surface area contributed by atoms with Gasteiger partial charge in [-0.05, 0) is 56.0 Å². The first kappa shape index (κ1) is 23.4. The predicted octanol–water partition coefficient (Wildman–Crippen LogP) is 3.70. The molecule has 2 aromatic rings. The zero-order chi connectivity index (χ0) is 21.3. The van der Waals surface area contributed by atoms with Gasteiger partial charge in [0.25, 0.3) is 0 Å². The number of aromatic nitrogens is 2. The maximum Gasteiger partial charge on any atom is 0.225 e. The van der Waals surface area contributed by atoms with Gasteiger partial charge in [0.05, 0.1) is 5.69 Å². The van der Waals surface area contributed by atoms with Gasteiger partial charge in [-0.1, -0.05) is 6.92 Å². The summed E-state index contributed by atoms with van der Waals surface area (Å²) in [4.78, 5) is 21.2. The fourth-order valence-corrected chi connectivity index (χ4v) is 2.90. The summed E-state index contributed by atoms with van der Waals surface area (Å²) in [5.74, 6) is 0.754. The van der Waals surface area contributed by atoms with E-state index < -0.39 is 0 Å². The molecule has 152 valence electrons. The van der Waals surface area contributed by atoms with Crippen molar-refractivity contribution in [3.05, 3.63) is 52.6 Å². The van der Waals surface area contributed by atoms with Crippen LogP contribution in [0.5, 0.6) is 0 Å². The van der Waals surface area contributed by atoms with Gasteiger partial charge in [-0.25, -0.2) is 4.98 Å². The summed E-state index contributed by atoms with van der Waals surface area (Å²) in [5, 5.41) is 0. The number of amides is 1. The topological polar surface area (TPSA) is 98.1 Å². The molecular weight excluding hydrogens is 374 g/mol. The lowest BCUT2D eigenvalue weighted by Crippen LogP contribution is -2.26. The van der Waals surface area contributed by atoms with Gasteiger partial charge < -0.3 is 11.5 Å². The van der Waals surface area contributed by atoms with Crippen molar-refractivity contribution in [2.45, 2.75) is 40.5 Å². The van der Waals surface area contributed by atoms with Gasteiger partial charge in [-0.3, -0.25) is 14.7 Å². The Kier molecular flexibility index (Phi) is 9.45. The fraction of sp³-hybridized carbons (Fsp3) is 0.381. The number of nitrogen functional groups attached to an aromatic ring is 1. The molecule has 1 amide bonds. The number of carbonyl (C=O) groups is 1. The Bertz CT molecular complexity index is 832. The Morgan fingerprint density at radius 3 is 2.57 bits per heavy atom. The van der Waals surface area contributed by atoms with E-state index in [9.17, 15) is 4.79 Å². The summed E-state index contributed by atoms with van der Waals surface area (Å²) < 4.78 is 0. The largest absolute Gasteiger partial charge is 0.402 e. The molecule has 3 rings (SSSR count). The summed E-state index contributed by atoms with van der Waals surface area (Å²) in [6.07, 6.45) is 8.75. The van der Waals surface area contributed by atoms with E-state index in [0.29, 0.717) is 6.54 Å². The van der Waals surface area contributed by atoms with Gasteiger partial charge in [0.15, 0.2) is 0 Å². The molecule has 0 saturated carbocycles. The maximum atomic E-state index is 11.2. The van der Waals surface area contributed by atoms with Crippen molar-refractivity contribution >= 4 is 35.1 Å². The first-order chi connectivity index (χ1) is 13.3. The van der Waals surface area contributed by atoms with Gasteiger partial charge in [-0.15, -0.1) is 11.6 Å². The lowest BCUT2D eigenvalue weighted by Gasteiger charge is -2.12. The lowest BCUT2D eigenvalue weighted by molar-refractivity contribution is -0.116. The molecule has 0 bridgehead atoms. The highest BCUT2D eigenvalue weighted by atomic mass is 35.5. The Morgan fingerprint density at radius 2 is 2.00 bits per heavy atom. The zero-order valence-corrected chi connectivity index (χ0v) is 18.0. The number of hydrogen-bond donors (Lipinski definition) is 2. The number of alkyl halides is 1. The Hall–Kier alpha value is -2.60. The second-order valence-corrected chi connectivity index (χ2v) is 6.40. The molecule has 0 unspecified atom stereocenters. The van der Waals surface area contributed by atoms with Gasteiger partial charge >= 0.3 is 0 Å². The quantitative estimate of drug-likeness (QED) is 0.745. The number of halogens is 1. The minimum Gasteiger partial charge on any atom is -0.402 e. The molecule has 4 N–H and O–H groups in total. The normalized spacial score (nSPS) is 12.4. The van der Waals surface area contributed by atoms with Crippen molar-refractivity contribution in [3.8, 4) is 0 Å². The van der Waals surface area contributed by atoms with E-state index in [4.69, 9.17) is 11.5 Å². The third-order valence-electron chi connectivity index (χ3n) is 4.28. The number of allylic oxidation sites excluding steroid dienone is 1. The van der Waals surface area contributed by atoms with Gasteiger partial charge in [0, 0.05) is 49.2 Å². The smallest absolute Gasteiger partial charge is 0.225 e. The molecule has 0 saturated heterocycles. The number of pyridine rings is 2. The Morgan fingerprint density at radius 1 is 1.32 bits per heavy atom. The van der Waals surface area contributed by atoms with Crippen LogP contribution in [0.4, 0.5) is 11.5 Å². The average molecular weight is 404 g/mol. The number of aryl methyl sites for hydroxylation is 2. The van der Waals surface area contributed by atoms with Crippen molar-refractivity contribution in [1.29, 1.82) is 0 Å². The lowest BCUT2D eigenvalue weighted by atomic mass is 10.1. The highest BCUT2D eigenvalue weighted by molar-refractivity contribution is 6.15. The molecule has 3 heterocycles. The number of nitrogens with two attached hydrogens (primary N) is 2. The number of fused-ring (bicyclic) bond motifs is 1. The summed E-state index contributed by atoms with van der Waals surface area (Å²) >= 11 is 4.64. The molecule has 0 aliphatic carbocycles. The van der Waals surface area contributed by atoms with Crippen molar-refractivity contribution in [2.24, 2.45) is 5.73 Å². The van der Waals surface area contributed by atoms with Crippen LogP contribution in [0.1, 0.15) is 43.2 Å². The van der Waals surface area contributed by atoms with Crippen LogP contribution in [0.25, 0.3) is 6.08 Å². The van der Waals surface area contributed by atoms with Gasteiger partial charge in [0.2, 0.25) is 5.91 Å². The van der Waals surface area contributed by atoms with Gasteiger partial charge in [-0.2, -0.15) is 0 Å². The second-order valence-electron chi connectivity index (χ2n) is 6.40. The van der Waals surface area contributed by atoms with Crippen molar-refractivity contribution in [2.75, 3.05) is 23.6 Å². The molecular formula is C21H30ClN5O. The number of rotatable bonds is 2. The highest BCUT2D eigenvalue weighted by Gasteiger charge is 2.24. The van der Waals surface area contributed by atoms with Gasteiger partial charge in [0.1, 0.15) is 5.82 Å². The van der Waals surface area contributed by atoms with Crippen LogP contribution in [0, 0.1) is 6.92 Å². The molecule has 6 nitrogen and oxygen atoms in total. The minimum absolute atomic E-state index is 0.0249. The van der Waals surface area contributed by atoms with Crippen molar-refractivity contribution < 1.29 is 4.79 Å². The van der Waals surface area contributed by atoms with Crippen LogP contribution >= 0.6 is 11.6 Å². The van der Waals surface area contributed by atoms with E-state index >= 15 is 0 Å². The average Bonchev–Trinajstić information content (AvgIpc) is 3.11. The molecule has 1 aliphatic rings. The van der Waals surface area contributed by atoms with E-state index in [0.717, 1.165) is 41.3 Å². The third-order valence-corrected chi connectivity index (χ3v) is 4.28. The molecule has 28 heavy (non-hydrogen) atoms. The van der Waals surface area contributed by atoms with E-state index in [1.165, 1.54) is 17.5 Å². The van der Waals surface area contributed by atoms with E-state index in [-0.39, 0.29) is 5.91 Å². The highest BCUT2D eigenvalue weighted by Crippen LogP contribution is 2.29. The molecule has 2 aromatic heterocycles. The molecule has 0 radical (unpaired) electrons. The first-order valence-electron chi connectivity index (χ1n) is 9.12. The fourth-order valence-electron chi connectivity index (χ4n) is 2.90. The molecule has 0 atom stereocenters. The summed E-state index contributed by atoms with van der Waals surface area (Å²) in [6.45, 7) is 8.33. The van der Waals surface area contributed by atoms with E-state index in [1.54, 1.807) is 24.1 Å². The standard InChI is InChI=1S/C11H16N2.C9H11N3O.CH3Cl/c1-4-10-6-11(5-9(3)12)13-7-8(10)2;1-6(13)12-5-3-7-8(10)2-4-11-9(7)12;1-2/h5-7H,4,12H2,1-3H3;2,4H,3,5H2,1H3,(H2,10,11);1H3/b9-5-;;. The molecule has 1 aliphatic heterocycles. The Balaban J connectivity index is 0.000000257. The molecule has 0 spiro atoms. The van der Waals surface area contributed by atoms with E-state index in [2.05, 4.69) is 41.5 Å². The van der Waals surface area contributed by atoms with Crippen LogP contribution in [-0.4, -0.2) is 28.8 Å². The number of carbonyl (C=O) groups excluding carboxylic acids is 1. The Labute approximate surface area is 172 Å². The first-order valence-corrected chi connectivity index (χ1v) is 9.87. The SMILES string of the molecule is CC(=O)N1CCc2c(N)ccnc21.CCc1cc(/C=C(/C)N)ncc1C.CCl. The third kappa shape index (κ3) is 6.23. The molecule has 7 heteroatoms. The zero-order valence-electron chi connectivity index (χ0n) is 17.3. The van der Waals surface area contributed by atoms with Crippen LogP contribution in [0.2, 0.25) is 0 Å². The molecule has 0 aromatic carbocycles. The predicted molar refractivity (Wildman–Crippen MR) is 118 cm³/mol. The minimum atomic E-state index is 0.0249. The summed E-state index contributed by atoms with van der Waals surface area (Å²) in [5.41, 5.74) is 17.4. The summed E-state index contributed by atoms with van der Waals surface area (Å²) in [7, 11) is 0. The maximum absolute atomic E-state index is 11.2. The van der Waals surface area contributed by atoms with Crippen molar-refractivity contribution in [3.63, 3.8) is 0 Å². The summed E-state index contributed by atoms with van der Waals surface area (Å²) in [6, 6.07) is 3.86. The number of anilines is 2. The van der Waals surface area contributed by atoms with E-state index in [1.807, 2.05) is 19.2 Å². The van der Waals surface area contributed by atoms with Crippen LogP contribution in [0.15, 0.2) is 30.2 Å². The van der Waals surface area contributed by atoms with Crippen LogP contribution in [0.3, 0.4) is 0 Å². The van der Waals surface area contributed by atoms with Crippen LogP contribution < -0.4 is 16.4 Å². The monoisotopic (exact) mass is 403 g/mol.